The highest BCUT2D eigenvalue weighted by atomic mass is 35.5. The second-order valence-electron chi connectivity index (χ2n) is 7.08. The number of halogens is 1. The van der Waals surface area contributed by atoms with Gasteiger partial charge in [-0.05, 0) is 44.4 Å². The summed E-state index contributed by atoms with van der Waals surface area (Å²) in [4.78, 5) is 12.5. The second-order valence-corrected chi connectivity index (χ2v) is 7.08. The number of carbonyl (C=O) groups excluding carboxylic acids is 1. The van der Waals surface area contributed by atoms with Crippen molar-refractivity contribution in [2.75, 3.05) is 19.6 Å². The molecule has 3 rings (SSSR count). The molecule has 1 saturated heterocycles. The third-order valence-corrected chi connectivity index (χ3v) is 4.89. The van der Waals surface area contributed by atoms with Gasteiger partial charge in [-0.1, -0.05) is 30.3 Å². The SMILES string of the molecule is CC(O)CC(CNC(=O)c1ccn(C2CCCNC2)n1)c1ccccc1.Cl. The Labute approximate surface area is 166 Å². The molecule has 0 bridgehead atoms. The van der Waals surface area contributed by atoms with E-state index in [4.69, 9.17) is 0 Å². The van der Waals surface area contributed by atoms with Crippen molar-refractivity contribution in [3.8, 4) is 0 Å². The van der Waals surface area contributed by atoms with Crippen LogP contribution in [0.5, 0.6) is 0 Å². The number of benzene rings is 1. The molecule has 0 radical (unpaired) electrons. The van der Waals surface area contributed by atoms with Crippen LogP contribution in [0, 0.1) is 0 Å². The lowest BCUT2D eigenvalue weighted by Gasteiger charge is -2.23. The van der Waals surface area contributed by atoms with Gasteiger partial charge in [-0.2, -0.15) is 5.10 Å². The summed E-state index contributed by atoms with van der Waals surface area (Å²) in [6, 6.07) is 12.1. The molecule has 0 saturated carbocycles. The summed E-state index contributed by atoms with van der Waals surface area (Å²) in [5, 5.41) is 20.6. The fourth-order valence-electron chi connectivity index (χ4n) is 3.50. The first-order chi connectivity index (χ1) is 12.6. The fraction of sp³-hybridized carbons (Fsp3) is 0.500. The molecule has 1 amide bonds. The molecule has 3 unspecified atom stereocenters. The normalized spacial score (nSPS) is 19.0. The monoisotopic (exact) mass is 392 g/mol. The summed E-state index contributed by atoms with van der Waals surface area (Å²) < 4.78 is 1.89. The van der Waals surface area contributed by atoms with E-state index in [-0.39, 0.29) is 24.2 Å². The molecule has 148 valence electrons. The summed E-state index contributed by atoms with van der Waals surface area (Å²) in [5.41, 5.74) is 1.56. The summed E-state index contributed by atoms with van der Waals surface area (Å²) in [6.07, 6.45) is 4.28. The van der Waals surface area contributed by atoms with Crippen molar-refractivity contribution in [2.45, 2.75) is 44.2 Å². The van der Waals surface area contributed by atoms with Gasteiger partial charge >= 0.3 is 0 Å². The maximum atomic E-state index is 12.5. The Morgan fingerprint density at radius 3 is 2.81 bits per heavy atom. The van der Waals surface area contributed by atoms with Crippen LogP contribution in [0.2, 0.25) is 0 Å². The molecular formula is C20H29ClN4O2. The van der Waals surface area contributed by atoms with Crippen LogP contribution in [0.3, 0.4) is 0 Å². The van der Waals surface area contributed by atoms with E-state index in [1.54, 1.807) is 13.0 Å². The summed E-state index contributed by atoms with van der Waals surface area (Å²) in [6.45, 7) is 4.20. The van der Waals surface area contributed by atoms with Gasteiger partial charge in [0.1, 0.15) is 5.69 Å². The van der Waals surface area contributed by atoms with Gasteiger partial charge in [0.25, 0.3) is 5.91 Å². The Kier molecular flexibility index (Phi) is 8.28. The maximum absolute atomic E-state index is 12.5. The van der Waals surface area contributed by atoms with E-state index < -0.39 is 6.10 Å². The topological polar surface area (TPSA) is 79.2 Å². The predicted molar refractivity (Wildman–Crippen MR) is 108 cm³/mol. The third kappa shape index (κ3) is 6.06. The molecule has 1 fully saturated rings. The van der Waals surface area contributed by atoms with Crippen LogP contribution in [0.1, 0.15) is 54.2 Å². The van der Waals surface area contributed by atoms with Gasteiger partial charge < -0.3 is 15.7 Å². The van der Waals surface area contributed by atoms with E-state index in [0.717, 1.165) is 31.5 Å². The van der Waals surface area contributed by atoms with Crippen molar-refractivity contribution in [1.29, 1.82) is 0 Å². The number of aliphatic hydroxyl groups excluding tert-OH is 1. The molecule has 3 atom stereocenters. The first-order valence-electron chi connectivity index (χ1n) is 9.40. The van der Waals surface area contributed by atoms with Gasteiger partial charge in [0.15, 0.2) is 0 Å². The standard InChI is InChI=1S/C20H28N4O2.ClH/c1-15(25)12-17(16-6-3-2-4-7-16)13-22-20(26)19-9-11-24(23-19)18-8-5-10-21-14-18;/h2-4,6-7,9,11,15,17-18,21,25H,5,8,10,12-14H2,1H3,(H,22,26);1H. The quantitative estimate of drug-likeness (QED) is 0.676. The minimum absolute atomic E-state index is 0. The lowest BCUT2D eigenvalue weighted by Crippen LogP contribution is -2.32. The van der Waals surface area contributed by atoms with E-state index >= 15 is 0 Å². The number of carbonyl (C=O) groups is 1. The summed E-state index contributed by atoms with van der Waals surface area (Å²) >= 11 is 0. The number of nitrogens with zero attached hydrogens (tertiary/aromatic N) is 2. The first-order valence-corrected chi connectivity index (χ1v) is 9.40. The van der Waals surface area contributed by atoms with Crippen LogP contribution in [-0.2, 0) is 0 Å². The Hall–Kier alpha value is -1.89. The molecule has 0 aliphatic carbocycles. The zero-order chi connectivity index (χ0) is 18.4. The van der Waals surface area contributed by atoms with E-state index in [1.807, 2.05) is 41.2 Å². The highest BCUT2D eigenvalue weighted by molar-refractivity contribution is 5.92. The van der Waals surface area contributed by atoms with Crippen molar-refractivity contribution >= 4 is 18.3 Å². The fourth-order valence-corrected chi connectivity index (χ4v) is 3.50. The Balaban J connectivity index is 0.00000261. The number of hydrogen-bond acceptors (Lipinski definition) is 4. The molecule has 7 heteroatoms. The van der Waals surface area contributed by atoms with E-state index in [0.29, 0.717) is 24.7 Å². The average molecular weight is 393 g/mol. The number of nitrogens with one attached hydrogen (secondary N) is 2. The zero-order valence-corrected chi connectivity index (χ0v) is 16.5. The second kappa shape index (κ2) is 10.4. The molecule has 1 aliphatic heterocycles. The lowest BCUT2D eigenvalue weighted by atomic mass is 9.93. The largest absolute Gasteiger partial charge is 0.393 e. The Morgan fingerprint density at radius 1 is 1.37 bits per heavy atom. The predicted octanol–water partition coefficient (Wildman–Crippen LogP) is 2.51. The smallest absolute Gasteiger partial charge is 0.271 e. The van der Waals surface area contributed by atoms with Crippen LogP contribution >= 0.6 is 12.4 Å². The number of aliphatic hydroxyl groups is 1. The van der Waals surface area contributed by atoms with Crippen LogP contribution in [0.4, 0.5) is 0 Å². The third-order valence-electron chi connectivity index (χ3n) is 4.89. The van der Waals surface area contributed by atoms with Crippen LogP contribution in [0.25, 0.3) is 0 Å². The summed E-state index contributed by atoms with van der Waals surface area (Å²) in [5.74, 6) is -0.0937. The molecule has 2 heterocycles. The number of rotatable bonds is 7. The molecule has 2 aromatic rings. The molecule has 0 spiro atoms. The number of piperidine rings is 1. The van der Waals surface area contributed by atoms with E-state index in [1.165, 1.54) is 0 Å². The van der Waals surface area contributed by atoms with E-state index in [2.05, 4.69) is 15.7 Å². The van der Waals surface area contributed by atoms with Crippen LogP contribution in [0.15, 0.2) is 42.6 Å². The Morgan fingerprint density at radius 2 is 2.15 bits per heavy atom. The van der Waals surface area contributed by atoms with Gasteiger partial charge in [-0.3, -0.25) is 9.48 Å². The van der Waals surface area contributed by atoms with Crippen molar-refractivity contribution in [3.05, 3.63) is 53.9 Å². The zero-order valence-electron chi connectivity index (χ0n) is 15.7. The highest BCUT2D eigenvalue weighted by Gasteiger charge is 2.19. The van der Waals surface area contributed by atoms with Crippen LogP contribution in [-0.4, -0.2) is 46.5 Å². The molecule has 1 aromatic heterocycles. The molecule has 27 heavy (non-hydrogen) atoms. The summed E-state index contributed by atoms with van der Waals surface area (Å²) in [7, 11) is 0. The molecule has 1 aromatic carbocycles. The van der Waals surface area contributed by atoms with Gasteiger partial charge in [0.2, 0.25) is 0 Å². The van der Waals surface area contributed by atoms with Crippen molar-refractivity contribution in [3.63, 3.8) is 0 Å². The van der Waals surface area contributed by atoms with Crippen LogP contribution < -0.4 is 10.6 Å². The lowest BCUT2D eigenvalue weighted by molar-refractivity contribution is 0.0939. The van der Waals surface area contributed by atoms with Gasteiger partial charge in [-0.15, -0.1) is 12.4 Å². The number of amides is 1. The van der Waals surface area contributed by atoms with Gasteiger partial charge in [0, 0.05) is 25.2 Å². The van der Waals surface area contributed by atoms with Gasteiger partial charge in [-0.25, -0.2) is 0 Å². The van der Waals surface area contributed by atoms with Gasteiger partial charge in [0.05, 0.1) is 12.1 Å². The average Bonchev–Trinajstić information content (AvgIpc) is 3.16. The highest BCUT2D eigenvalue weighted by Crippen LogP contribution is 2.21. The van der Waals surface area contributed by atoms with E-state index in [9.17, 15) is 9.90 Å². The first kappa shape index (κ1) is 21.4. The van der Waals surface area contributed by atoms with Crippen molar-refractivity contribution in [2.24, 2.45) is 0 Å². The minimum atomic E-state index is -0.421. The molecule has 3 N–H and O–H groups in total. The maximum Gasteiger partial charge on any atom is 0.271 e. The molecule has 6 nitrogen and oxygen atoms in total. The van der Waals surface area contributed by atoms with Crippen molar-refractivity contribution < 1.29 is 9.90 Å². The number of hydrogen-bond donors (Lipinski definition) is 3. The molecular weight excluding hydrogens is 364 g/mol. The minimum Gasteiger partial charge on any atom is -0.393 e. The number of aromatic nitrogens is 2. The van der Waals surface area contributed by atoms with Crippen molar-refractivity contribution in [1.82, 2.24) is 20.4 Å². The molecule has 1 aliphatic rings. The Bertz CT molecular complexity index is 699.